The van der Waals surface area contributed by atoms with Crippen molar-refractivity contribution >= 4 is 17.8 Å². The van der Waals surface area contributed by atoms with Crippen LogP contribution in [0.1, 0.15) is 12.0 Å². The topological polar surface area (TPSA) is 105 Å². The molecule has 0 spiro atoms. The summed E-state index contributed by atoms with van der Waals surface area (Å²) in [6.07, 6.45) is -4.48. The number of carboxylic acid groups (broad SMARTS) is 1. The van der Waals surface area contributed by atoms with Gasteiger partial charge in [-0.05, 0) is 24.1 Å². The third kappa shape index (κ3) is 8.61. The molecule has 0 aliphatic rings. The lowest BCUT2D eigenvalue weighted by molar-refractivity contribution is -0.274. The van der Waals surface area contributed by atoms with Crippen molar-refractivity contribution in [1.82, 2.24) is 10.6 Å². The number of hydrogen-bond acceptors (Lipinski definition) is 4. The van der Waals surface area contributed by atoms with Crippen molar-refractivity contribution in [2.75, 3.05) is 13.1 Å². The number of ether oxygens (including phenoxy) is 1. The molecule has 0 aromatic heterocycles. The summed E-state index contributed by atoms with van der Waals surface area (Å²) in [5, 5.41) is 12.7. The largest absolute Gasteiger partial charge is 0.573 e. The van der Waals surface area contributed by atoms with E-state index in [0.29, 0.717) is 5.56 Å². The van der Waals surface area contributed by atoms with E-state index in [0.717, 1.165) is 12.1 Å². The number of halogens is 3. The number of benzene rings is 1. The Hall–Kier alpha value is -2.78. The van der Waals surface area contributed by atoms with Crippen molar-refractivity contribution in [2.45, 2.75) is 19.2 Å². The molecule has 0 radical (unpaired) electrons. The molecule has 0 fully saturated rings. The number of amides is 2. The minimum atomic E-state index is -4.76. The van der Waals surface area contributed by atoms with Crippen molar-refractivity contribution < 1.29 is 37.4 Å². The Morgan fingerprint density at radius 2 is 1.58 bits per heavy atom. The normalized spacial score (nSPS) is 10.8. The fraction of sp³-hybridized carbons (Fsp3) is 0.357. The zero-order valence-electron chi connectivity index (χ0n) is 12.4. The highest BCUT2D eigenvalue weighted by molar-refractivity contribution is 5.86. The predicted molar refractivity (Wildman–Crippen MR) is 75.1 cm³/mol. The third-order valence-corrected chi connectivity index (χ3v) is 2.68. The lowest BCUT2D eigenvalue weighted by atomic mass is 10.1. The number of carbonyl (C=O) groups is 3. The second-order valence-corrected chi connectivity index (χ2v) is 4.64. The number of rotatable bonds is 8. The van der Waals surface area contributed by atoms with Gasteiger partial charge in [0.25, 0.3) is 0 Å². The van der Waals surface area contributed by atoms with Gasteiger partial charge in [0.15, 0.2) is 0 Å². The van der Waals surface area contributed by atoms with E-state index in [2.05, 4.69) is 15.4 Å². The molecule has 2 amide bonds. The van der Waals surface area contributed by atoms with Crippen LogP contribution in [0.3, 0.4) is 0 Å². The molecule has 0 unspecified atom stereocenters. The Bertz CT molecular complexity index is 587. The number of hydrogen-bond donors (Lipinski definition) is 3. The van der Waals surface area contributed by atoms with E-state index in [1.54, 1.807) is 0 Å². The van der Waals surface area contributed by atoms with Crippen LogP contribution in [0.2, 0.25) is 0 Å². The van der Waals surface area contributed by atoms with Crippen LogP contribution in [0.25, 0.3) is 0 Å². The smallest absolute Gasteiger partial charge is 0.480 e. The molecule has 0 atom stereocenters. The van der Waals surface area contributed by atoms with Crippen LogP contribution in [0, 0.1) is 0 Å². The van der Waals surface area contributed by atoms with E-state index in [4.69, 9.17) is 5.11 Å². The fourth-order valence-corrected chi connectivity index (χ4v) is 1.62. The Morgan fingerprint density at radius 3 is 2.12 bits per heavy atom. The molecular formula is C14H15F3N2O5. The lowest BCUT2D eigenvalue weighted by Crippen LogP contribution is -2.39. The summed E-state index contributed by atoms with van der Waals surface area (Å²) in [6, 6.07) is 5.07. The molecule has 0 aliphatic heterocycles. The second-order valence-electron chi connectivity index (χ2n) is 4.64. The molecule has 0 bridgehead atoms. The standard InChI is InChI=1S/C14H15F3N2O5/c15-14(16,17)24-10-4-1-9(2-5-10)3-6-11(20)18-7-12(21)19-8-13(22)23/h1-2,4-5H,3,6-8H2,(H,18,20)(H,19,21)(H,22,23). The lowest BCUT2D eigenvalue weighted by Gasteiger charge is -2.09. The van der Waals surface area contributed by atoms with Crippen molar-refractivity contribution in [2.24, 2.45) is 0 Å². The van der Waals surface area contributed by atoms with Crippen molar-refractivity contribution in [1.29, 1.82) is 0 Å². The molecule has 1 rings (SSSR count). The first kappa shape index (κ1) is 19.3. The van der Waals surface area contributed by atoms with E-state index >= 15 is 0 Å². The highest BCUT2D eigenvalue weighted by Crippen LogP contribution is 2.22. The highest BCUT2D eigenvalue weighted by atomic mass is 19.4. The number of alkyl halides is 3. The van der Waals surface area contributed by atoms with Crippen LogP contribution >= 0.6 is 0 Å². The monoisotopic (exact) mass is 348 g/mol. The van der Waals surface area contributed by atoms with Crippen molar-refractivity contribution in [3.63, 3.8) is 0 Å². The molecular weight excluding hydrogens is 333 g/mol. The molecule has 0 saturated heterocycles. The summed E-state index contributed by atoms with van der Waals surface area (Å²) in [7, 11) is 0. The first-order valence-corrected chi connectivity index (χ1v) is 6.75. The maximum atomic E-state index is 12.0. The summed E-state index contributed by atoms with van der Waals surface area (Å²) < 4.78 is 39.7. The van der Waals surface area contributed by atoms with Crippen LogP contribution in [0.4, 0.5) is 13.2 Å². The van der Waals surface area contributed by atoms with Gasteiger partial charge in [-0.1, -0.05) is 12.1 Å². The van der Waals surface area contributed by atoms with Crippen LogP contribution in [0.15, 0.2) is 24.3 Å². The van der Waals surface area contributed by atoms with Crippen LogP contribution in [-0.4, -0.2) is 42.3 Å². The summed E-state index contributed by atoms with van der Waals surface area (Å²) in [6.45, 7) is -0.897. The molecule has 7 nitrogen and oxygen atoms in total. The first-order valence-electron chi connectivity index (χ1n) is 6.75. The Labute approximate surface area is 134 Å². The number of aryl methyl sites for hydroxylation is 1. The Morgan fingerprint density at radius 1 is 1.00 bits per heavy atom. The van der Waals surface area contributed by atoms with Gasteiger partial charge in [0.05, 0.1) is 6.54 Å². The molecule has 1 aromatic carbocycles. The quantitative estimate of drug-likeness (QED) is 0.646. The molecule has 3 N–H and O–H groups in total. The number of carbonyl (C=O) groups excluding carboxylic acids is 2. The van der Waals surface area contributed by atoms with Crippen molar-refractivity contribution in [3.8, 4) is 5.75 Å². The van der Waals surface area contributed by atoms with Gasteiger partial charge >= 0.3 is 12.3 Å². The van der Waals surface area contributed by atoms with Gasteiger partial charge in [0.2, 0.25) is 11.8 Å². The van der Waals surface area contributed by atoms with Gasteiger partial charge in [-0.15, -0.1) is 13.2 Å². The number of carboxylic acids is 1. The van der Waals surface area contributed by atoms with Gasteiger partial charge in [-0.2, -0.15) is 0 Å². The Balaban J connectivity index is 2.31. The van der Waals surface area contributed by atoms with Crippen LogP contribution < -0.4 is 15.4 Å². The first-order chi connectivity index (χ1) is 11.2. The second kappa shape index (κ2) is 8.75. The maximum absolute atomic E-state index is 12.0. The molecule has 1 aromatic rings. The van der Waals surface area contributed by atoms with Gasteiger partial charge in [-0.3, -0.25) is 14.4 Å². The third-order valence-electron chi connectivity index (χ3n) is 2.68. The maximum Gasteiger partial charge on any atom is 0.573 e. The predicted octanol–water partition coefficient (Wildman–Crippen LogP) is 0.835. The number of aliphatic carboxylic acids is 1. The zero-order valence-corrected chi connectivity index (χ0v) is 12.4. The van der Waals surface area contributed by atoms with E-state index in [-0.39, 0.29) is 25.1 Å². The minimum Gasteiger partial charge on any atom is -0.480 e. The average Bonchev–Trinajstić information content (AvgIpc) is 2.48. The zero-order chi connectivity index (χ0) is 18.2. The van der Waals surface area contributed by atoms with E-state index in [1.165, 1.54) is 12.1 Å². The van der Waals surface area contributed by atoms with Gasteiger partial charge in [0.1, 0.15) is 12.3 Å². The summed E-state index contributed by atoms with van der Waals surface area (Å²) in [5.41, 5.74) is 0.620. The summed E-state index contributed by atoms with van der Waals surface area (Å²) in [5.74, 6) is -2.64. The van der Waals surface area contributed by atoms with E-state index in [1.807, 2.05) is 0 Å². The highest BCUT2D eigenvalue weighted by Gasteiger charge is 2.30. The van der Waals surface area contributed by atoms with Crippen LogP contribution in [0.5, 0.6) is 5.75 Å². The Kier molecular flexibility index (Phi) is 7.02. The van der Waals surface area contributed by atoms with Crippen molar-refractivity contribution in [3.05, 3.63) is 29.8 Å². The molecule has 0 saturated carbocycles. The van der Waals surface area contributed by atoms with Gasteiger partial charge in [0, 0.05) is 6.42 Å². The van der Waals surface area contributed by atoms with Gasteiger partial charge < -0.3 is 20.5 Å². The van der Waals surface area contributed by atoms with E-state index < -0.39 is 30.7 Å². The average molecular weight is 348 g/mol. The molecule has 10 heteroatoms. The molecule has 0 aliphatic carbocycles. The molecule has 132 valence electrons. The fourth-order valence-electron chi connectivity index (χ4n) is 1.62. The summed E-state index contributed by atoms with van der Waals surface area (Å²) >= 11 is 0. The number of nitrogens with one attached hydrogen (secondary N) is 2. The molecule has 24 heavy (non-hydrogen) atoms. The van der Waals surface area contributed by atoms with Crippen LogP contribution in [-0.2, 0) is 20.8 Å². The summed E-state index contributed by atoms with van der Waals surface area (Å²) in [4.78, 5) is 32.9. The minimum absolute atomic E-state index is 0.0195. The van der Waals surface area contributed by atoms with Gasteiger partial charge in [-0.25, -0.2) is 0 Å². The SMILES string of the molecule is O=C(O)CNC(=O)CNC(=O)CCc1ccc(OC(F)(F)F)cc1. The molecule has 0 heterocycles. The van der Waals surface area contributed by atoms with E-state index in [9.17, 15) is 27.6 Å².